The fourth-order valence-electron chi connectivity index (χ4n) is 3.44. The number of methoxy groups -OCH3 is 2. The Balaban J connectivity index is 1.74. The largest absolute Gasteiger partial charge is 0.496 e. The number of hydrogen-bond donors (Lipinski definition) is 4. The molecule has 3 N–H and O–H groups in total. The molecule has 2 heterocycles. The first-order valence-corrected chi connectivity index (χ1v) is 9.91. The Kier molecular flexibility index (Phi) is 5.76. The van der Waals surface area contributed by atoms with Gasteiger partial charge in [0.15, 0.2) is 0 Å². The average Bonchev–Trinajstić information content (AvgIpc) is 3.36. The Morgan fingerprint density at radius 2 is 1.87 bits per heavy atom. The normalized spacial score (nSPS) is 14.5. The number of aliphatic hydroxyl groups is 1. The van der Waals surface area contributed by atoms with E-state index in [0.29, 0.717) is 50.0 Å². The van der Waals surface area contributed by atoms with Gasteiger partial charge < -0.3 is 24.9 Å². The Hall–Kier alpha value is -3.60. The molecule has 2 aromatic carbocycles. The van der Waals surface area contributed by atoms with Crippen LogP contribution in [0.5, 0.6) is 11.5 Å². The highest BCUT2D eigenvalue weighted by Crippen LogP contribution is 2.37. The van der Waals surface area contributed by atoms with E-state index in [9.17, 15) is 9.90 Å². The van der Waals surface area contributed by atoms with Crippen molar-refractivity contribution in [3.8, 4) is 23.3 Å². The van der Waals surface area contributed by atoms with E-state index in [2.05, 4.69) is 34.8 Å². The van der Waals surface area contributed by atoms with Gasteiger partial charge in [0.05, 0.1) is 36.1 Å². The summed E-state index contributed by atoms with van der Waals surface area (Å²) < 4.78 is 10.6. The highest BCUT2D eigenvalue weighted by molar-refractivity contribution is 7.80. The maximum atomic E-state index is 12.6. The molecule has 156 valence electrons. The fraction of sp³-hybridized carbons (Fsp3) is 0.125. The van der Waals surface area contributed by atoms with Crippen LogP contribution in [0.2, 0.25) is 0 Å². The summed E-state index contributed by atoms with van der Waals surface area (Å²) in [7, 11) is 3.11. The lowest BCUT2D eigenvalue weighted by molar-refractivity contribution is -0.110. The van der Waals surface area contributed by atoms with Crippen molar-refractivity contribution < 1.29 is 19.4 Å². The molecule has 0 fully saturated rings. The number of nitrogens with one attached hydrogen (secondary N) is 2. The predicted octanol–water partition coefficient (Wildman–Crippen LogP) is 3.90. The smallest absolute Gasteiger partial charge is 0.256 e. The topological polar surface area (TPSA) is 83.6 Å². The molecule has 3 aromatic rings. The van der Waals surface area contributed by atoms with E-state index in [4.69, 9.17) is 9.47 Å². The monoisotopic (exact) mass is 432 g/mol. The maximum Gasteiger partial charge on any atom is 0.256 e. The molecule has 1 atom stereocenters. The molecule has 0 saturated carbocycles. The fourth-order valence-corrected chi connectivity index (χ4v) is 3.81. The summed E-state index contributed by atoms with van der Waals surface area (Å²) in [6.07, 6.45) is 2.40. The van der Waals surface area contributed by atoms with Crippen molar-refractivity contribution in [3.05, 3.63) is 71.0 Å². The number of amides is 1. The standard InChI is InChI=1S/C24H20N2O4S/c1-29-20-11-12-25-18(20)13-16-22-14(5-3-7-17(22)26-24(16)28)9-10-19(27)15-6-4-8-21(30-2)23(15)31/h3-8,11-13,19,25,27,31H,1-2H3,(H,26,28). The molecular weight excluding hydrogens is 412 g/mol. The van der Waals surface area contributed by atoms with Crippen LogP contribution in [0.1, 0.15) is 28.5 Å². The van der Waals surface area contributed by atoms with Crippen molar-refractivity contribution >= 4 is 35.9 Å². The van der Waals surface area contributed by atoms with Gasteiger partial charge in [-0.25, -0.2) is 0 Å². The van der Waals surface area contributed by atoms with E-state index < -0.39 is 6.10 Å². The minimum Gasteiger partial charge on any atom is -0.496 e. The van der Waals surface area contributed by atoms with Crippen LogP contribution in [0.25, 0.3) is 11.6 Å². The first-order valence-electron chi connectivity index (χ1n) is 9.46. The van der Waals surface area contributed by atoms with Gasteiger partial charge >= 0.3 is 0 Å². The predicted molar refractivity (Wildman–Crippen MR) is 122 cm³/mol. The van der Waals surface area contributed by atoms with Gasteiger partial charge in [0, 0.05) is 22.9 Å². The third-order valence-corrected chi connectivity index (χ3v) is 5.44. The minimum absolute atomic E-state index is 0.230. The molecule has 1 aromatic heterocycles. The second-order valence-electron chi connectivity index (χ2n) is 6.77. The van der Waals surface area contributed by atoms with Crippen molar-refractivity contribution in [2.45, 2.75) is 11.0 Å². The van der Waals surface area contributed by atoms with E-state index in [-0.39, 0.29) is 5.91 Å². The van der Waals surface area contributed by atoms with Gasteiger partial charge in [0.1, 0.15) is 17.6 Å². The molecule has 4 rings (SSSR count). The van der Waals surface area contributed by atoms with Crippen molar-refractivity contribution in [1.82, 2.24) is 4.98 Å². The SMILES string of the molecule is COc1cc[nH]c1C=C1C(=O)Nc2cccc(C#CC(O)c3cccc(OC)c3S)c21. The maximum absolute atomic E-state index is 12.6. The molecule has 1 aliphatic heterocycles. The summed E-state index contributed by atoms with van der Waals surface area (Å²) in [6, 6.07) is 12.5. The number of aromatic nitrogens is 1. The second-order valence-corrected chi connectivity index (χ2v) is 7.22. The van der Waals surface area contributed by atoms with Crippen molar-refractivity contribution in [2.24, 2.45) is 0 Å². The summed E-state index contributed by atoms with van der Waals surface area (Å²) in [4.78, 5) is 16.2. The summed E-state index contributed by atoms with van der Waals surface area (Å²) in [6.45, 7) is 0. The van der Waals surface area contributed by atoms with E-state index in [1.54, 1.807) is 50.8 Å². The first kappa shape index (κ1) is 20.7. The number of hydrogen-bond acceptors (Lipinski definition) is 5. The number of rotatable bonds is 4. The van der Waals surface area contributed by atoms with Gasteiger partial charge in [-0.2, -0.15) is 0 Å². The highest BCUT2D eigenvalue weighted by Gasteiger charge is 2.27. The van der Waals surface area contributed by atoms with E-state index in [0.717, 1.165) is 0 Å². The second kappa shape index (κ2) is 8.64. The Bertz CT molecular complexity index is 1250. The molecule has 7 heteroatoms. The number of fused-ring (bicyclic) bond motifs is 1. The van der Waals surface area contributed by atoms with Crippen LogP contribution < -0.4 is 14.8 Å². The minimum atomic E-state index is -1.07. The molecule has 31 heavy (non-hydrogen) atoms. The van der Waals surface area contributed by atoms with Gasteiger partial charge in [0.25, 0.3) is 5.91 Å². The summed E-state index contributed by atoms with van der Waals surface area (Å²) in [5, 5.41) is 13.5. The molecule has 1 aliphatic rings. The van der Waals surface area contributed by atoms with Crippen molar-refractivity contribution in [1.29, 1.82) is 0 Å². The van der Waals surface area contributed by atoms with Gasteiger partial charge in [-0.15, -0.1) is 12.6 Å². The van der Waals surface area contributed by atoms with Gasteiger partial charge in [-0.1, -0.05) is 30.0 Å². The van der Waals surface area contributed by atoms with Crippen LogP contribution in [0.3, 0.4) is 0 Å². The molecule has 0 bridgehead atoms. The summed E-state index contributed by atoms with van der Waals surface area (Å²) >= 11 is 4.44. The zero-order valence-corrected chi connectivity index (χ0v) is 17.8. The molecule has 0 saturated heterocycles. The molecule has 6 nitrogen and oxygen atoms in total. The highest BCUT2D eigenvalue weighted by atomic mass is 32.1. The van der Waals surface area contributed by atoms with Gasteiger partial charge in [-0.05, 0) is 30.3 Å². The van der Waals surface area contributed by atoms with Crippen molar-refractivity contribution in [2.75, 3.05) is 19.5 Å². The number of aromatic amines is 1. The number of H-pyrrole nitrogens is 1. The van der Waals surface area contributed by atoms with Crippen LogP contribution in [-0.2, 0) is 4.79 Å². The van der Waals surface area contributed by atoms with E-state index in [1.165, 1.54) is 0 Å². The number of benzene rings is 2. The number of anilines is 1. The number of carbonyl (C=O) groups excluding carboxylic acids is 1. The van der Waals surface area contributed by atoms with Crippen LogP contribution in [0, 0.1) is 11.8 Å². The first-order chi connectivity index (χ1) is 15.0. The Labute approximate surface area is 185 Å². The number of thiol groups is 1. The van der Waals surface area contributed by atoms with E-state index >= 15 is 0 Å². The Morgan fingerprint density at radius 3 is 2.65 bits per heavy atom. The lowest BCUT2D eigenvalue weighted by atomic mass is 9.99. The Morgan fingerprint density at radius 1 is 1.10 bits per heavy atom. The van der Waals surface area contributed by atoms with Gasteiger partial charge in [-0.3, -0.25) is 4.79 Å². The molecular formula is C24H20N2O4S. The third kappa shape index (κ3) is 3.91. The van der Waals surface area contributed by atoms with Gasteiger partial charge in [0.2, 0.25) is 0 Å². The molecule has 0 spiro atoms. The molecule has 1 amide bonds. The van der Waals surface area contributed by atoms with Crippen molar-refractivity contribution in [3.63, 3.8) is 0 Å². The average molecular weight is 433 g/mol. The number of aliphatic hydroxyl groups excluding tert-OH is 1. The molecule has 0 radical (unpaired) electrons. The van der Waals surface area contributed by atoms with Crippen LogP contribution in [-0.4, -0.2) is 30.2 Å². The zero-order valence-electron chi connectivity index (χ0n) is 16.9. The lowest BCUT2D eigenvalue weighted by Crippen LogP contribution is -2.03. The number of carbonyl (C=O) groups is 1. The molecule has 0 aliphatic carbocycles. The summed E-state index contributed by atoms with van der Waals surface area (Å²) in [5.74, 6) is 6.83. The molecule has 1 unspecified atom stereocenters. The number of ether oxygens (including phenoxy) is 2. The van der Waals surface area contributed by atoms with Crippen LogP contribution in [0.15, 0.2) is 53.6 Å². The third-order valence-electron chi connectivity index (χ3n) is 4.96. The quantitative estimate of drug-likeness (QED) is 0.286. The summed E-state index contributed by atoms with van der Waals surface area (Å²) in [5.41, 5.74) is 3.66. The van der Waals surface area contributed by atoms with Crippen LogP contribution in [0.4, 0.5) is 5.69 Å². The van der Waals surface area contributed by atoms with E-state index in [1.807, 2.05) is 18.2 Å². The lowest BCUT2D eigenvalue weighted by Gasteiger charge is -2.11. The zero-order chi connectivity index (χ0) is 22.0. The van der Waals surface area contributed by atoms with Crippen LogP contribution >= 0.6 is 12.6 Å².